The fourth-order valence-electron chi connectivity index (χ4n) is 1.91. The van der Waals surface area contributed by atoms with Gasteiger partial charge in [0.05, 0.1) is 0 Å². The fraction of sp³-hybridized carbons (Fsp3) is 0.600. The Morgan fingerprint density at radius 2 is 1.82 bits per heavy atom. The third-order valence-corrected chi connectivity index (χ3v) is 3.53. The minimum absolute atomic E-state index is 0.608. The van der Waals surface area contributed by atoms with Crippen molar-refractivity contribution in [1.82, 2.24) is 4.90 Å². The summed E-state index contributed by atoms with van der Waals surface area (Å²) in [5, 5.41) is 0.820. The third-order valence-electron chi connectivity index (χ3n) is 3.28. The maximum absolute atomic E-state index is 5.89. The fourth-order valence-corrected chi connectivity index (χ4v) is 2.04. The molecule has 0 fully saturated rings. The van der Waals surface area contributed by atoms with Crippen LogP contribution in [0.5, 0.6) is 0 Å². The highest BCUT2D eigenvalue weighted by molar-refractivity contribution is 6.30. The maximum Gasteiger partial charge on any atom is 0.0406 e. The summed E-state index contributed by atoms with van der Waals surface area (Å²) < 4.78 is 0. The summed E-state index contributed by atoms with van der Waals surface area (Å²) >= 11 is 5.89. The molecule has 0 saturated carbocycles. The van der Waals surface area contributed by atoms with Gasteiger partial charge in [0.15, 0.2) is 0 Å². The van der Waals surface area contributed by atoms with Crippen LogP contribution in [0.2, 0.25) is 5.02 Å². The minimum Gasteiger partial charge on any atom is -0.306 e. The summed E-state index contributed by atoms with van der Waals surface area (Å²) in [6.45, 7) is 6.91. The van der Waals surface area contributed by atoms with E-state index in [1.807, 2.05) is 12.1 Å². The van der Waals surface area contributed by atoms with Crippen molar-refractivity contribution in [2.24, 2.45) is 0 Å². The molecule has 2 heteroatoms. The van der Waals surface area contributed by atoms with Crippen molar-refractivity contribution in [2.75, 3.05) is 20.1 Å². The predicted molar refractivity (Wildman–Crippen MR) is 76.9 cm³/mol. The molecule has 0 heterocycles. The zero-order valence-electron chi connectivity index (χ0n) is 11.2. The first kappa shape index (κ1) is 14.5. The van der Waals surface area contributed by atoms with E-state index in [0.29, 0.717) is 5.92 Å². The van der Waals surface area contributed by atoms with Gasteiger partial charge in [-0.15, -0.1) is 0 Å². The molecule has 0 spiro atoms. The summed E-state index contributed by atoms with van der Waals surface area (Å²) in [5.41, 5.74) is 1.39. The number of unbranched alkanes of at least 4 members (excludes halogenated alkanes) is 1. The molecule has 0 N–H and O–H groups in total. The lowest BCUT2D eigenvalue weighted by Crippen LogP contribution is -2.22. The Balaban J connectivity index is 2.34. The van der Waals surface area contributed by atoms with E-state index in [4.69, 9.17) is 11.6 Å². The monoisotopic (exact) mass is 253 g/mol. The molecule has 0 saturated heterocycles. The molecule has 1 nitrogen and oxygen atoms in total. The normalized spacial score (nSPS) is 13.0. The van der Waals surface area contributed by atoms with Crippen LogP contribution in [0.25, 0.3) is 0 Å². The van der Waals surface area contributed by atoms with E-state index in [0.717, 1.165) is 5.02 Å². The lowest BCUT2D eigenvalue weighted by Gasteiger charge is -2.19. The van der Waals surface area contributed by atoms with Crippen LogP contribution in [0.3, 0.4) is 0 Å². The van der Waals surface area contributed by atoms with Gasteiger partial charge in [-0.3, -0.25) is 0 Å². The average molecular weight is 254 g/mol. The molecule has 1 atom stereocenters. The van der Waals surface area contributed by atoms with Gasteiger partial charge in [0.25, 0.3) is 0 Å². The Morgan fingerprint density at radius 1 is 1.18 bits per heavy atom. The van der Waals surface area contributed by atoms with Crippen molar-refractivity contribution in [3.63, 3.8) is 0 Å². The topological polar surface area (TPSA) is 3.24 Å². The van der Waals surface area contributed by atoms with Crippen LogP contribution in [0.1, 0.15) is 44.6 Å². The number of nitrogens with zero attached hydrogens (tertiary/aromatic N) is 1. The Morgan fingerprint density at radius 3 is 2.41 bits per heavy atom. The molecular weight excluding hydrogens is 230 g/mol. The van der Waals surface area contributed by atoms with Gasteiger partial charge in [-0.2, -0.15) is 0 Å². The molecule has 0 aliphatic heterocycles. The number of benzene rings is 1. The molecular formula is C15H24ClN. The van der Waals surface area contributed by atoms with E-state index in [1.165, 1.54) is 37.9 Å². The van der Waals surface area contributed by atoms with Gasteiger partial charge >= 0.3 is 0 Å². The van der Waals surface area contributed by atoms with Crippen molar-refractivity contribution < 1.29 is 0 Å². The molecule has 1 aromatic rings. The van der Waals surface area contributed by atoms with Crippen LogP contribution in [0.4, 0.5) is 0 Å². The Bertz CT molecular complexity index is 307. The molecule has 1 unspecified atom stereocenters. The van der Waals surface area contributed by atoms with Gasteiger partial charge in [-0.05, 0) is 56.6 Å². The zero-order valence-corrected chi connectivity index (χ0v) is 12.0. The number of hydrogen-bond acceptors (Lipinski definition) is 1. The Labute approximate surface area is 111 Å². The summed E-state index contributed by atoms with van der Waals surface area (Å²) in [5.74, 6) is 0.608. The lowest BCUT2D eigenvalue weighted by atomic mass is 9.98. The highest BCUT2D eigenvalue weighted by Gasteiger charge is 2.06. The Kier molecular flexibility index (Phi) is 6.61. The van der Waals surface area contributed by atoms with Crippen molar-refractivity contribution in [1.29, 1.82) is 0 Å². The Hall–Kier alpha value is -0.530. The molecule has 1 rings (SSSR count). The SMILES string of the molecule is CCCCN(C)CCC(C)c1ccc(Cl)cc1. The van der Waals surface area contributed by atoms with Gasteiger partial charge in [0.2, 0.25) is 0 Å². The highest BCUT2D eigenvalue weighted by Crippen LogP contribution is 2.21. The first-order valence-corrected chi connectivity index (χ1v) is 6.95. The second kappa shape index (κ2) is 7.73. The molecule has 0 aromatic heterocycles. The largest absolute Gasteiger partial charge is 0.306 e. The van der Waals surface area contributed by atoms with Crippen molar-refractivity contribution >= 4 is 11.6 Å². The smallest absolute Gasteiger partial charge is 0.0406 e. The maximum atomic E-state index is 5.89. The molecule has 1 aromatic carbocycles. The molecule has 0 aliphatic rings. The zero-order chi connectivity index (χ0) is 12.7. The molecule has 17 heavy (non-hydrogen) atoms. The van der Waals surface area contributed by atoms with E-state index >= 15 is 0 Å². The summed E-state index contributed by atoms with van der Waals surface area (Å²) in [4.78, 5) is 2.43. The third kappa shape index (κ3) is 5.56. The van der Waals surface area contributed by atoms with E-state index in [-0.39, 0.29) is 0 Å². The number of hydrogen-bond donors (Lipinski definition) is 0. The first-order chi connectivity index (χ1) is 8.13. The van der Waals surface area contributed by atoms with E-state index in [1.54, 1.807) is 0 Å². The average Bonchev–Trinajstić information content (AvgIpc) is 2.34. The van der Waals surface area contributed by atoms with Gasteiger partial charge in [-0.1, -0.05) is 44.0 Å². The van der Waals surface area contributed by atoms with Crippen LogP contribution in [0, 0.1) is 0 Å². The van der Waals surface area contributed by atoms with Crippen molar-refractivity contribution in [3.8, 4) is 0 Å². The van der Waals surface area contributed by atoms with E-state index < -0.39 is 0 Å². The summed E-state index contributed by atoms with van der Waals surface area (Å²) in [6, 6.07) is 8.24. The highest BCUT2D eigenvalue weighted by atomic mass is 35.5. The first-order valence-electron chi connectivity index (χ1n) is 6.57. The van der Waals surface area contributed by atoms with Crippen LogP contribution < -0.4 is 0 Å². The van der Waals surface area contributed by atoms with Gasteiger partial charge in [0.1, 0.15) is 0 Å². The molecule has 0 bridgehead atoms. The van der Waals surface area contributed by atoms with Crippen LogP contribution in [-0.2, 0) is 0 Å². The lowest BCUT2D eigenvalue weighted by molar-refractivity contribution is 0.315. The summed E-state index contributed by atoms with van der Waals surface area (Å²) in [6.07, 6.45) is 3.78. The van der Waals surface area contributed by atoms with E-state index in [9.17, 15) is 0 Å². The van der Waals surface area contributed by atoms with Crippen molar-refractivity contribution in [2.45, 2.75) is 39.0 Å². The molecule has 96 valence electrons. The van der Waals surface area contributed by atoms with Crippen molar-refractivity contribution in [3.05, 3.63) is 34.9 Å². The molecule has 0 aliphatic carbocycles. The second-order valence-corrected chi connectivity index (χ2v) is 5.33. The van der Waals surface area contributed by atoms with Crippen LogP contribution in [0.15, 0.2) is 24.3 Å². The van der Waals surface area contributed by atoms with Gasteiger partial charge in [0, 0.05) is 5.02 Å². The van der Waals surface area contributed by atoms with Crippen LogP contribution >= 0.6 is 11.6 Å². The van der Waals surface area contributed by atoms with Gasteiger partial charge in [-0.25, -0.2) is 0 Å². The standard InChI is InChI=1S/C15H24ClN/c1-4-5-11-17(3)12-10-13(2)14-6-8-15(16)9-7-14/h6-9,13H,4-5,10-12H2,1-3H3. The molecule has 0 radical (unpaired) electrons. The van der Waals surface area contributed by atoms with Crippen LogP contribution in [-0.4, -0.2) is 25.0 Å². The number of rotatable bonds is 7. The van der Waals surface area contributed by atoms with Gasteiger partial charge < -0.3 is 4.90 Å². The summed E-state index contributed by atoms with van der Waals surface area (Å²) in [7, 11) is 2.21. The minimum atomic E-state index is 0.608. The predicted octanol–water partition coefficient (Wildman–Crippen LogP) is 4.57. The number of halogens is 1. The molecule has 0 amide bonds. The van der Waals surface area contributed by atoms with E-state index in [2.05, 4.69) is 37.9 Å². The second-order valence-electron chi connectivity index (χ2n) is 4.90. The quantitative estimate of drug-likeness (QED) is 0.688.